The summed E-state index contributed by atoms with van der Waals surface area (Å²) in [6.07, 6.45) is 3.85. The van der Waals surface area contributed by atoms with Gasteiger partial charge in [0.25, 0.3) is 5.91 Å². The maximum absolute atomic E-state index is 12.8. The van der Waals surface area contributed by atoms with Gasteiger partial charge in [-0.2, -0.15) is 5.10 Å². The van der Waals surface area contributed by atoms with E-state index in [1.165, 1.54) is 0 Å². The van der Waals surface area contributed by atoms with E-state index in [9.17, 15) is 4.79 Å². The van der Waals surface area contributed by atoms with Crippen LogP contribution in [-0.4, -0.2) is 57.5 Å². The van der Waals surface area contributed by atoms with Crippen molar-refractivity contribution in [2.45, 2.75) is 6.92 Å². The largest absolute Gasteiger partial charge is 0.497 e. The van der Waals surface area contributed by atoms with Crippen LogP contribution in [-0.2, 0) is 7.05 Å². The number of ether oxygens (including phenoxy) is 2. The van der Waals surface area contributed by atoms with E-state index in [-0.39, 0.29) is 5.91 Å². The first-order valence-corrected chi connectivity index (χ1v) is 10.8. The summed E-state index contributed by atoms with van der Waals surface area (Å²) in [5.41, 5.74) is 1.80. The van der Waals surface area contributed by atoms with Gasteiger partial charge in [-0.05, 0) is 43.3 Å². The van der Waals surface area contributed by atoms with Gasteiger partial charge in [-0.25, -0.2) is 9.97 Å². The Hall–Kier alpha value is -4.34. The Morgan fingerprint density at radius 1 is 1.03 bits per heavy atom. The van der Waals surface area contributed by atoms with E-state index < -0.39 is 0 Å². The molecule has 0 bridgehead atoms. The van der Waals surface area contributed by atoms with Gasteiger partial charge in [0, 0.05) is 44.2 Å². The molecule has 0 spiro atoms. The standard InChI is InChI=1S/C24H27N7O3/c1-16-27-22(15-23(28-16)31-11-5-6-12-31)25-9-10-26-24(32)20-14-19(29-30(20)2)18-13-17(33-3)7-8-21(18)34-4/h5-8,11-15H,9-10H2,1-4H3,(H,26,32)(H,25,27,28). The van der Waals surface area contributed by atoms with Crippen molar-refractivity contribution in [3.05, 3.63) is 66.4 Å². The molecule has 3 heterocycles. The normalized spacial score (nSPS) is 10.7. The van der Waals surface area contributed by atoms with Crippen LogP contribution in [0.15, 0.2) is 54.9 Å². The summed E-state index contributed by atoms with van der Waals surface area (Å²) in [6.45, 7) is 2.75. The number of benzene rings is 1. The molecule has 4 rings (SSSR count). The number of carbonyl (C=O) groups excluding carboxylic acids is 1. The van der Waals surface area contributed by atoms with Gasteiger partial charge in [-0.1, -0.05) is 0 Å². The molecule has 0 fully saturated rings. The first kappa shape index (κ1) is 22.8. The van der Waals surface area contributed by atoms with Crippen LogP contribution in [0.25, 0.3) is 17.1 Å². The van der Waals surface area contributed by atoms with Gasteiger partial charge in [0.15, 0.2) is 0 Å². The number of hydrogen-bond donors (Lipinski definition) is 2. The molecule has 2 N–H and O–H groups in total. The molecule has 3 aromatic heterocycles. The molecule has 0 aliphatic carbocycles. The third-order valence-electron chi connectivity index (χ3n) is 5.21. The topological polar surface area (TPSA) is 108 Å². The summed E-state index contributed by atoms with van der Waals surface area (Å²) in [6, 6.07) is 12.9. The average molecular weight is 462 g/mol. The van der Waals surface area contributed by atoms with Gasteiger partial charge in [0.1, 0.15) is 34.7 Å². The Balaban J connectivity index is 1.39. The van der Waals surface area contributed by atoms with E-state index in [2.05, 4.69) is 25.7 Å². The number of anilines is 1. The minimum Gasteiger partial charge on any atom is -0.497 e. The minimum atomic E-state index is -0.225. The van der Waals surface area contributed by atoms with Crippen LogP contribution >= 0.6 is 0 Å². The van der Waals surface area contributed by atoms with Crippen molar-refractivity contribution < 1.29 is 14.3 Å². The van der Waals surface area contributed by atoms with Crippen LogP contribution in [0, 0.1) is 6.92 Å². The number of aryl methyl sites for hydroxylation is 2. The maximum Gasteiger partial charge on any atom is 0.269 e. The predicted octanol–water partition coefficient (Wildman–Crippen LogP) is 2.84. The summed E-state index contributed by atoms with van der Waals surface area (Å²) < 4.78 is 14.2. The van der Waals surface area contributed by atoms with E-state index >= 15 is 0 Å². The molecule has 0 saturated heterocycles. The lowest BCUT2D eigenvalue weighted by Crippen LogP contribution is -2.30. The fraction of sp³-hybridized carbons (Fsp3) is 0.250. The van der Waals surface area contributed by atoms with Crippen LogP contribution < -0.4 is 20.1 Å². The number of nitrogens with zero attached hydrogens (tertiary/aromatic N) is 5. The Kier molecular flexibility index (Phi) is 6.77. The monoisotopic (exact) mass is 461 g/mol. The van der Waals surface area contributed by atoms with Crippen molar-refractivity contribution in [2.75, 3.05) is 32.6 Å². The van der Waals surface area contributed by atoms with E-state index in [4.69, 9.17) is 9.47 Å². The van der Waals surface area contributed by atoms with Gasteiger partial charge in [0.05, 0.1) is 19.9 Å². The summed E-state index contributed by atoms with van der Waals surface area (Å²) in [5, 5.41) is 10.6. The molecule has 0 radical (unpaired) electrons. The maximum atomic E-state index is 12.8. The molecule has 10 nitrogen and oxygen atoms in total. The molecule has 0 saturated carbocycles. The highest BCUT2D eigenvalue weighted by molar-refractivity contribution is 5.94. The zero-order valence-electron chi connectivity index (χ0n) is 19.6. The highest BCUT2D eigenvalue weighted by Gasteiger charge is 2.17. The molecule has 10 heteroatoms. The van der Waals surface area contributed by atoms with Crippen LogP contribution in [0.2, 0.25) is 0 Å². The molecule has 1 aromatic carbocycles. The zero-order chi connectivity index (χ0) is 24.1. The van der Waals surface area contributed by atoms with Crippen LogP contribution in [0.1, 0.15) is 16.3 Å². The van der Waals surface area contributed by atoms with Crippen molar-refractivity contribution in [3.8, 4) is 28.6 Å². The van der Waals surface area contributed by atoms with Gasteiger partial charge < -0.3 is 24.7 Å². The van der Waals surface area contributed by atoms with Gasteiger partial charge >= 0.3 is 0 Å². The van der Waals surface area contributed by atoms with Crippen LogP contribution in [0.3, 0.4) is 0 Å². The molecule has 0 aliphatic rings. The molecule has 4 aromatic rings. The smallest absolute Gasteiger partial charge is 0.269 e. The number of methoxy groups -OCH3 is 2. The first-order valence-electron chi connectivity index (χ1n) is 10.8. The number of aromatic nitrogens is 5. The zero-order valence-corrected chi connectivity index (χ0v) is 19.6. The number of nitrogens with one attached hydrogen (secondary N) is 2. The molecular formula is C24H27N7O3. The number of rotatable bonds is 9. The second-order valence-corrected chi connectivity index (χ2v) is 7.54. The molecular weight excluding hydrogens is 434 g/mol. The quantitative estimate of drug-likeness (QED) is 0.369. The molecule has 0 aliphatic heterocycles. The van der Waals surface area contributed by atoms with Gasteiger partial charge in [0.2, 0.25) is 0 Å². The average Bonchev–Trinajstić information content (AvgIpc) is 3.51. The predicted molar refractivity (Wildman–Crippen MR) is 129 cm³/mol. The highest BCUT2D eigenvalue weighted by Crippen LogP contribution is 2.32. The van der Waals surface area contributed by atoms with Crippen molar-refractivity contribution in [1.82, 2.24) is 29.6 Å². The summed E-state index contributed by atoms with van der Waals surface area (Å²) in [4.78, 5) is 21.6. The highest BCUT2D eigenvalue weighted by atomic mass is 16.5. The Labute approximate surface area is 197 Å². The first-order chi connectivity index (χ1) is 16.5. The van der Waals surface area contributed by atoms with Crippen molar-refractivity contribution in [1.29, 1.82) is 0 Å². The van der Waals surface area contributed by atoms with E-state index in [0.717, 1.165) is 11.4 Å². The molecule has 176 valence electrons. The number of hydrogen-bond acceptors (Lipinski definition) is 7. The van der Waals surface area contributed by atoms with E-state index in [0.29, 0.717) is 47.6 Å². The number of amides is 1. The third-order valence-corrected chi connectivity index (χ3v) is 5.21. The summed E-state index contributed by atoms with van der Waals surface area (Å²) in [5.74, 6) is 3.23. The second-order valence-electron chi connectivity index (χ2n) is 7.54. The summed E-state index contributed by atoms with van der Waals surface area (Å²) in [7, 11) is 4.92. The lowest BCUT2D eigenvalue weighted by Gasteiger charge is -2.10. The van der Waals surface area contributed by atoms with Crippen LogP contribution in [0.5, 0.6) is 11.5 Å². The molecule has 0 atom stereocenters. The SMILES string of the molecule is COc1ccc(OC)c(-c2cc(C(=O)NCCNc3cc(-n4cccc4)nc(C)n3)n(C)n2)c1. The Morgan fingerprint density at radius 3 is 2.56 bits per heavy atom. The summed E-state index contributed by atoms with van der Waals surface area (Å²) >= 11 is 0. The van der Waals surface area contributed by atoms with Crippen molar-refractivity contribution >= 4 is 11.7 Å². The fourth-order valence-corrected chi connectivity index (χ4v) is 3.54. The second kappa shape index (κ2) is 10.1. The van der Waals surface area contributed by atoms with E-state index in [1.807, 2.05) is 60.3 Å². The number of carbonyl (C=O) groups is 1. The van der Waals surface area contributed by atoms with Gasteiger partial charge in [-0.3, -0.25) is 9.48 Å². The third kappa shape index (κ3) is 5.01. The van der Waals surface area contributed by atoms with Crippen molar-refractivity contribution in [2.24, 2.45) is 7.05 Å². The van der Waals surface area contributed by atoms with E-state index in [1.54, 1.807) is 32.0 Å². The Bertz CT molecular complexity index is 1280. The van der Waals surface area contributed by atoms with Crippen LogP contribution in [0.4, 0.5) is 5.82 Å². The lowest BCUT2D eigenvalue weighted by molar-refractivity contribution is 0.0945. The van der Waals surface area contributed by atoms with Gasteiger partial charge in [-0.15, -0.1) is 0 Å². The molecule has 1 amide bonds. The lowest BCUT2D eigenvalue weighted by atomic mass is 10.1. The molecule has 0 unspecified atom stereocenters. The Morgan fingerprint density at radius 2 is 1.82 bits per heavy atom. The van der Waals surface area contributed by atoms with Crippen molar-refractivity contribution in [3.63, 3.8) is 0 Å². The minimum absolute atomic E-state index is 0.225. The fourth-order valence-electron chi connectivity index (χ4n) is 3.54. The molecule has 34 heavy (non-hydrogen) atoms.